The molecule has 3 aromatic carbocycles. The van der Waals surface area contributed by atoms with Gasteiger partial charge in [-0.1, -0.05) is 66.6 Å². The maximum Gasteiger partial charge on any atom is 0.264 e. The van der Waals surface area contributed by atoms with E-state index in [9.17, 15) is 18.0 Å². The molecule has 0 heterocycles. The first-order valence-electron chi connectivity index (χ1n) is 13.0. The van der Waals surface area contributed by atoms with Crippen molar-refractivity contribution in [1.29, 1.82) is 0 Å². The highest BCUT2D eigenvalue weighted by atomic mass is 35.5. The molecule has 214 valence electrons. The molecular formula is C30H36ClN3O5S. The Labute approximate surface area is 241 Å². The number of sulfonamides is 1. The van der Waals surface area contributed by atoms with E-state index < -0.39 is 28.5 Å². The Hall–Kier alpha value is -3.56. The van der Waals surface area contributed by atoms with E-state index in [1.54, 1.807) is 24.3 Å². The van der Waals surface area contributed by atoms with Crippen LogP contribution in [0.5, 0.6) is 5.75 Å². The molecule has 0 aliphatic carbocycles. The minimum atomic E-state index is -4.25. The highest BCUT2D eigenvalue weighted by Crippen LogP contribution is 2.35. The highest BCUT2D eigenvalue weighted by molar-refractivity contribution is 7.92. The van der Waals surface area contributed by atoms with Gasteiger partial charge in [0.25, 0.3) is 10.0 Å². The molecule has 0 bridgehead atoms. The minimum absolute atomic E-state index is 0.00660. The van der Waals surface area contributed by atoms with E-state index in [1.807, 2.05) is 58.0 Å². The number of carbonyl (C=O) groups is 2. The lowest BCUT2D eigenvalue weighted by atomic mass is 10.1. The van der Waals surface area contributed by atoms with Crippen molar-refractivity contribution in [3.63, 3.8) is 0 Å². The van der Waals surface area contributed by atoms with Crippen LogP contribution in [0, 0.1) is 6.92 Å². The summed E-state index contributed by atoms with van der Waals surface area (Å²) in [5, 5.41) is 3.16. The lowest BCUT2D eigenvalue weighted by Crippen LogP contribution is -2.53. The number of anilines is 1. The summed E-state index contributed by atoms with van der Waals surface area (Å²) < 4.78 is 34.5. The number of hydrogen-bond donors (Lipinski definition) is 1. The van der Waals surface area contributed by atoms with Crippen molar-refractivity contribution in [3.05, 3.63) is 88.9 Å². The average molecular weight is 586 g/mol. The molecule has 1 N–H and O–H groups in total. The summed E-state index contributed by atoms with van der Waals surface area (Å²) in [4.78, 5) is 28.7. The Bertz CT molecular complexity index is 1410. The maximum absolute atomic E-state index is 14.1. The van der Waals surface area contributed by atoms with Crippen molar-refractivity contribution in [1.82, 2.24) is 10.2 Å². The van der Waals surface area contributed by atoms with Gasteiger partial charge >= 0.3 is 0 Å². The van der Waals surface area contributed by atoms with Crippen LogP contribution in [0.15, 0.2) is 77.7 Å². The van der Waals surface area contributed by atoms with Crippen LogP contribution >= 0.6 is 11.6 Å². The molecule has 2 amide bonds. The van der Waals surface area contributed by atoms with Crippen LogP contribution < -0.4 is 14.4 Å². The third kappa shape index (κ3) is 7.55. The van der Waals surface area contributed by atoms with Crippen LogP contribution in [0.1, 0.15) is 38.3 Å². The number of carbonyl (C=O) groups excluding carboxylic acids is 2. The molecule has 3 rings (SSSR count). The van der Waals surface area contributed by atoms with E-state index >= 15 is 0 Å². The first kappa shape index (κ1) is 31.0. The summed E-state index contributed by atoms with van der Waals surface area (Å²) in [6.07, 6.45) is 0.336. The van der Waals surface area contributed by atoms with Crippen molar-refractivity contribution in [2.45, 2.75) is 57.6 Å². The van der Waals surface area contributed by atoms with E-state index in [0.717, 1.165) is 15.4 Å². The van der Waals surface area contributed by atoms with Crippen molar-refractivity contribution >= 4 is 39.1 Å². The van der Waals surface area contributed by atoms with Crippen molar-refractivity contribution < 1.29 is 22.7 Å². The lowest BCUT2D eigenvalue weighted by molar-refractivity contribution is -0.140. The van der Waals surface area contributed by atoms with E-state index in [4.69, 9.17) is 16.3 Å². The van der Waals surface area contributed by atoms with E-state index in [1.165, 1.54) is 30.2 Å². The Balaban J connectivity index is 2.12. The van der Waals surface area contributed by atoms with Gasteiger partial charge in [0.05, 0.1) is 17.7 Å². The van der Waals surface area contributed by atoms with Gasteiger partial charge in [-0.2, -0.15) is 0 Å². The van der Waals surface area contributed by atoms with Crippen LogP contribution in [0.25, 0.3) is 0 Å². The summed E-state index contributed by atoms with van der Waals surface area (Å²) >= 11 is 6.28. The fourth-order valence-corrected chi connectivity index (χ4v) is 5.87. The molecule has 40 heavy (non-hydrogen) atoms. The van der Waals surface area contributed by atoms with Crippen molar-refractivity contribution in [2.24, 2.45) is 0 Å². The van der Waals surface area contributed by atoms with Crippen LogP contribution in [0.4, 0.5) is 5.69 Å². The van der Waals surface area contributed by atoms with Gasteiger partial charge in [0, 0.05) is 17.6 Å². The summed E-state index contributed by atoms with van der Waals surface area (Å²) in [7, 11) is -2.83. The second kappa shape index (κ2) is 13.7. The van der Waals surface area contributed by atoms with E-state index in [2.05, 4.69) is 5.32 Å². The number of halogens is 1. The topological polar surface area (TPSA) is 96.0 Å². The first-order chi connectivity index (χ1) is 19.0. The molecule has 0 aromatic heterocycles. The van der Waals surface area contributed by atoms with Crippen LogP contribution in [0.2, 0.25) is 5.02 Å². The molecule has 0 aliphatic rings. The Morgan fingerprint density at radius 3 is 2.23 bits per heavy atom. The highest BCUT2D eigenvalue weighted by Gasteiger charge is 2.35. The normalized spacial score (nSPS) is 12.1. The van der Waals surface area contributed by atoms with Gasteiger partial charge in [-0.3, -0.25) is 13.9 Å². The molecule has 1 atom stereocenters. The maximum atomic E-state index is 14.1. The third-order valence-electron chi connectivity index (χ3n) is 6.31. The van der Waals surface area contributed by atoms with Gasteiger partial charge in [-0.15, -0.1) is 0 Å². The molecule has 0 unspecified atom stereocenters. The molecule has 0 fully saturated rings. The smallest absolute Gasteiger partial charge is 0.264 e. The lowest BCUT2D eigenvalue weighted by Gasteiger charge is -2.34. The summed E-state index contributed by atoms with van der Waals surface area (Å²) in [6, 6.07) is 19.2. The monoisotopic (exact) mass is 585 g/mol. The fraction of sp³-hybridized carbons (Fsp3) is 0.333. The molecule has 3 aromatic rings. The summed E-state index contributed by atoms with van der Waals surface area (Å²) in [6.45, 7) is 6.90. The molecular weight excluding hydrogens is 550 g/mol. The predicted octanol–water partition coefficient (Wildman–Crippen LogP) is 5.18. The quantitative estimate of drug-likeness (QED) is 0.316. The van der Waals surface area contributed by atoms with Gasteiger partial charge < -0.3 is 15.0 Å². The zero-order valence-electron chi connectivity index (χ0n) is 23.4. The molecule has 0 aliphatic heterocycles. The zero-order chi connectivity index (χ0) is 29.4. The standard InChI is InChI=1S/C30H36ClN3O5S/c1-6-26(30(36)32-21(2)3)33(19-23-10-8-7-9-11-23)29(35)20-34(27-18-24(31)14-17-28(27)39-5)40(37,38)25-15-12-22(4)13-16-25/h7-18,21,26H,6,19-20H2,1-5H3,(H,32,36)/t26-/m1/s1. The van der Waals surface area contributed by atoms with Gasteiger partial charge in [0.15, 0.2) is 0 Å². The van der Waals surface area contributed by atoms with Crippen LogP contribution in [0.3, 0.4) is 0 Å². The number of rotatable bonds is 12. The Kier molecular flexibility index (Phi) is 10.6. The second-order valence-electron chi connectivity index (χ2n) is 9.74. The number of ether oxygens (including phenoxy) is 1. The molecule has 0 radical (unpaired) electrons. The number of nitrogens with zero attached hydrogens (tertiary/aromatic N) is 2. The van der Waals surface area contributed by atoms with Crippen molar-refractivity contribution in [3.8, 4) is 5.75 Å². The third-order valence-corrected chi connectivity index (χ3v) is 8.32. The number of amides is 2. The van der Waals surface area contributed by atoms with E-state index in [0.29, 0.717) is 6.42 Å². The average Bonchev–Trinajstić information content (AvgIpc) is 2.91. The predicted molar refractivity (Wildman–Crippen MR) is 158 cm³/mol. The SMILES string of the molecule is CC[C@H](C(=O)NC(C)C)N(Cc1ccccc1)C(=O)CN(c1cc(Cl)ccc1OC)S(=O)(=O)c1ccc(C)cc1. The molecule has 8 nitrogen and oxygen atoms in total. The molecule has 0 saturated carbocycles. The molecule has 10 heteroatoms. The van der Waals surface area contributed by atoms with Gasteiger partial charge in [-0.05, 0) is 63.1 Å². The first-order valence-corrected chi connectivity index (χ1v) is 14.9. The second-order valence-corrected chi connectivity index (χ2v) is 12.0. The number of benzene rings is 3. The van der Waals surface area contributed by atoms with Gasteiger partial charge in [0.1, 0.15) is 18.3 Å². The summed E-state index contributed by atoms with van der Waals surface area (Å²) in [5.74, 6) is -0.630. The van der Waals surface area contributed by atoms with Crippen LogP contribution in [-0.4, -0.2) is 50.9 Å². The number of hydrogen-bond acceptors (Lipinski definition) is 5. The molecule has 0 spiro atoms. The Morgan fingerprint density at radius 2 is 1.65 bits per heavy atom. The van der Waals surface area contributed by atoms with E-state index in [-0.39, 0.29) is 39.8 Å². The van der Waals surface area contributed by atoms with Crippen LogP contribution in [-0.2, 0) is 26.2 Å². The van der Waals surface area contributed by atoms with Crippen molar-refractivity contribution in [2.75, 3.05) is 18.0 Å². The molecule has 0 saturated heterocycles. The minimum Gasteiger partial charge on any atom is -0.495 e. The van der Waals surface area contributed by atoms with Gasteiger partial charge in [-0.25, -0.2) is 8.42 Å². The Morgan fingerprint density at radius 1 is 1.00 bits per heavy atom. The largest absolute Gasteiger partial charge is 0.495 e. The zero-order valence-corrected chi connectivity index (χ0v) is 25.0. The number of aryl methyl sites for hydroxylation is 1. The fourth-order valence-electron chi connectivity index (χ4n) is 4.29. The summed E-state index contributed by atoms with van der Waals surface area (Å²) in [5.41, 5.74) is 1.81. The van der Waals surface area contributed by atoms with Gasteiger partial charge in [0.2, 0.25) is 11.8 Å². The number of methoxy groups -OCH3 is 1. The number of nitrogens with one attached hydrogen (secondary N) is 1.